The number of benzene rings is 1. The number of rotatable bonds is 5. The Morgan fingerprint density at radius 1 is 1.19 bits per heavy atom. The molecule has 1 aliphatic heterocycles. The van der Waals surface area contributed by atoms with E-state index in [1.54, 1.807) is 12.1 Å². The summed E-state index contributed by atoms with van der Waals surface area (Å²) in [5, 5.41) is 3.04. The molecular formula is C18H21BrN2O3S2. The van der Waals surface area contributed by atoms with Gasteiger partial charge in [0.1, 0.15) is 4.21 Å². The first-order valence-electron chi connectivity index (χ1n) is 8.49. The maximum atomic E-state index is 12.7. The van der Waals surface area contributed by atoms with Crippen LogP contribution in [0, 0.1) is 5.92 Å². The van der Waals surface area contributed by atoms with Crippen LogP contribution in [0.2, 0.25) is 0 Å². The van der Waals surface area contributed by atoms with Crippen molar-refractivity contribution in [3.63, 3.8) is 0 Å². The molecule has 0 unspecified atom stereocenters. The number of carbonyl (C=O) groups excluding carboxylic acids is 1. The SMILES string of the molecule is C[C@H](NC(=O)C1CCN(S(=O)(=O)c2ccc(Br)s2)CC1)c1ccccc1. The van der Waals surface area contributed by atoms with Gasteiger partial charge in [-0.05, 0) is 53.4 Å². The maximum Gasteiger partial charge on any atom is 0.252 e. The lowest BCUT2D eigenvalue weighted by molar-refractivity contribution is -0.126. The molecule has 1 aromatic carbocycles. The molecule has 1 aliphatic rings. The fourth-order valence-electron chi connectivity index (χ4n) is 3.08. The zero-order chi connectivity index (χ0) is 18.7. The number of sulfonamides is 1. The van der Waals surface area contributed by atoms with E-state index >= 15 is 0 Å². The van der Waals surface area contributed by atoms with E-state index in [1.165, 1.54) is 15.6 Å². The number of nitrogens with one attached hydrogen (secondary N) is 1. The maximum absolute atomic E-state index is 12.7. The summed E-state index contributed by atoms with van der Waals surface area (Å²) in [5.74, 6) is -0.153. The Morgan fingerprint density at radius 3 is 2.42 bits per heavy atom. The van der Waals surface area contributed by atoms with Gasteiger partial charge < -0.3 is 5.32 Å². The summed E-state index contributed by atoms with van der Waals surface area (Å²) in [4.78, 5) is 12.5. The van der Waals surface area contributed by atoms with Crippen molar-refractivity contribution in [1.82, 2.24) is 9.62 Å². The lowest BCUT2D eigenvalue weighted by atomic mass is 9.96. The molecule has 5 nitrogen and oxygen atoms in total. The number of piperidine rings is 1. The monoisotopic (exact) mass is 456 g/mol. The van der Waals surface area contributed by atoms with E-state index in [-0.39, 0.29) is 17.9 Å². The Bertz CT molecular complexity index is 860. The first-order chi connectivity index (χ1) is 12.4. The number of amides is 1. The molecule has 1 atom stereocenters. The van der Waals surface area contributed by atoms with Crippen LogP contribution in [0.3, 0.4) is 0 Å². The van der Waals surface area contributed by atoms with Gasteiger partial charge in [-0.25, -0.2) is 8.42 Å². The third kappa shape index (κ3) is 4.36. The first-order valence-corrected chi connectivity index (χ1v) is 11.5. The Labute approximate surface area is 166 Å². The van der Waals surface area contributed by atoms with E-state index in [0.717, 1.165) is 9.35 Å². The molecule has 140 valence electrons. The Hall–Kier alpha value is -1.22. The molecule has 0 radical (unpaired) electrons. The van der Waals surface area contributed by atoms with Crippen LogP contribution in [0.5, 0.6) is 0 Å². The van der Waals surface area contributed by atoms with Crippen molar-refractivity contribution < 1.29 is 13.2 Å². The van der Waals surface area contributed by atoms with Crippen molar-refractivity contribution in [2.45, 2.75) is 30.0 Å². The number of nitrogens with zero attached hydrogens (tertiary/aromatic N) is 1. The number of thiophene rings is 1. The molecule has 0 spiro atoms. The normalized spacial score (nSPS) is 17.8. The lowest BCUT2D eigenvalue weighted by Crippen LogP contribution is -2.43. The highest BCUT2D eigenvalue weighted by Gasteiger charge is 2.33. The third-order valence-corrected chi connectivity index (χ3v) is 8.62. The second kappa shape index (κ2) is 8.21. The minimum absolute atomic E-state index is 0.00253. The van der Waals surface area contributed by atoms with Gasteiger partial charge in [-0.15, -0.1) is 11.3 Å². The van der Waals surface area contributed by atoms with E-state index in [0.29, 0.717) is 30.1 Å². The van der Waals surface area contributed by atoms with Gasteiger partial charge in [-0.3, -0.25) is 4.79 Å². The number of halogens is 1. The highest BCUT2D eigenvalue weighted by Crippen LogP contribution is 2.31. The summed E-state index contributed by atoms with van der Waals surface area (Å²) in [6, 6.07) is 13.1. The summed E-state index contributed by atoms with van der Waals surface area (Å²) >= 11 is 4.51. The number of hydrogen-bond acceptors (Lipinski definition) is 4. The quantitative estimate of drug-likeness (QED) is 0.743. The van der Waals surface area contributed by atoms with Gasteiger partial charge in [0.2, 0.25) is 5.91 Å². The molecule has 3 rings (SSSR count). The molecule has 0 saturated carbocycles. The van der Waals surface area contributed by atoms with Crippen molar-refractivity contribution in [2.75, 3.05) is 13.1 Å². The van der Waals surface area contributed by atoms with Crippen LogP contribution in [0.4, 0.5) is 0 Å². The van der Waals surface area contributed by atoms with Crippen molar-refractivity contribution in [1.29, 1.82) is 0 Å². The van der Waals surface area contributed by atoms with E-state index in [9.17, 15) is 13.2 Å². The second-order valence-corrected chi connectivity index (χ2v) is 11.0. The minimum atomic E-state index is -3.47. The predicted molar refractivity (Wildman–Crippen MR) is 107 cm³/mol. The van der Waals surface area contributed by atoms with Crippen molar-refractivity contribution >= 4 is 43.2 Å². The minimum Gasteiger partial charge on any atom is -0.349 e. The van der Waals surface area contributed by atoms with Crippen LogP contribution in [0.25, 0.3) is 0 Å². The summed E-state index contributed by atoms with van der Waals surface area (Å²) in [6.45, 7) is 2.70. The molecule has 8 heteroatoms. The Kier molecular flexibility index (Phi) is 6.17. The summed E-state index contributed by atoms with van der Waals surface area (Å²) in [6.07, 6.45) is 1.08. The zero-order valence-corrected chi connectivity index (χ0v) is 17.6. The van der Waals surface area contributed by atoms with Gasteiger partial charge in [-0.2, -0.15) is 4.31 Å². The molecule has 0 bridgehead atoms. The zero-order valence-electron chi connectivity index (χ0n) is 14.4. The molecule has 0 aliphatic carbocycles. The predicted octanol–water partition coefficient (Wildman–Crippen LogP) is 3.79. The van der Waals surface area contributed by atoms with Gasteiger partial charge in [0.15, 0.2) is 0 Å². The average Bonchev–Trinajstić information content (AvgIpc) is 3.10. The van der Waals surface area contributed by atoms with Gasteiger partial charge in [0.05, 0.1) is 9.83 Å². The molecule has 26 heavy (non-hydrogen) atoms. The summed E-state index contributed by atoms with van der Waals surface area (Å²) in [5.41, 5.74) is 1.06. The van der Waals surface area contributed by atoms with Crippen LogP contribution in [0.15, 0.2) is 50.5 Å². The molecule has 1 N–H and O–H groups in total. The van der Waals surface area contributed by atoms with Crippen LogP contribution in [-0.2, 0) is 14.8 Å². The average molecular weight is 457 g/mol. The Balaban J connectivity index is 1.57. The van der Waals surface area contributed by atoms with Crippen molar-refractivity contribution in [2.24, 2.45) is 5.92 Å². The fourth-order valence-corrected chi connectivity index (χ4v) is 6.71. The highest BCUT2D eigenvalue weighted by molar-refractivity contribution is 9.11. The lowest BCUT2D eigenvalue weighted by Gasteiger charge is -2.30. The van der Waals surface area contributed by atoms with Gasteiger partial charge in [0.25, 0.3) is 10.0 Å². The largest absolute Gasteiger partial charge is 0.349 e. The van der Waals surface area contributed by atoms with E-state index in [1.807, 2.05) is 37.3 Å². The van der Waals surface area contributed by atoms with Gasteiger partial charge in [-0.1, -0.05) is 30.3 Å². The van der Waals surface area contributed by atoms with E-state index in [4.69, 9.17) is 0 Å². The second-order valence-electron chi connectivity index (χ2n) is 6.38. The van der Waals surface area contributed by atoms with Crippen molar-refractivity contribution in [3.8, 4) is 0 Å². The van der Waals surface area contributed by atoms with E-state index in [2.05, 4.69) is 21.2 Å². The molecule has 1 saturated heterocycles. The number of carbonyl (C=O) groups is 1. The van der Waals surface area contributed by atoms with Gasteiger partial charge in [0, 0.05) is 19.0 Å². The van der Waals surface area contributed by atoms with Crippen LogP contribution in [0.1, 0.15) is 31.4 Å². The van der Waals surface area contributed by atoms with Crippen LogP contribution < -0.4 is 5.32 Å². The van der Waals surface area contributed by atoms with Gasteiger partial charge >= 0.3 is 0 Å². The molecule has 2 heterocycles. The topological polar surface area (TPSA) is 66.5 Å². The standard InChI is InChI=1S/C18H21BrN2O3S2/c1-13(14-5-3-2-4-6-14)20-18(22)15-9-11-21(12-10-15)26(23,24)17-8-7-16(19)25-17/h2-8,13,15H,9-12H2,1H3,(H,20,22)/t13-/m0/s1. The van der Waals surface area contributed by atoms with E-state index < -0.39 is 10.0 Å². The van der Waals surface area contributed by atoms with Crippen LogP contribution >= 0.6 is 27.3 Å². The summed E-state index contributed by atoms with van der Waals surface area (Å²) in [7, 11) is -3.47. The first kappa shape index (κ1) is 19.5. The molecule has 1 aromatic heterocycles. The molecule has 1 amide bonds. The smallest absolute Gasteiger partial charge is 0.252 e. The van der Waals surface area contributed by atoms with Crippen molar-refractivity contribution in [3.05, 3.63) is 51.8 Å². The number of hydrogen-bond donors (Lipinski definition) is 1. The molecular weight excluding hydrogens is 436 g/mol. The fraction of sp³-hybridized carbons (Fsp3) is 0.389. The highest BCUT2D eigenvalue weighted by atomic mass is 79.9. The van der Waals surface area contributed by atoms with Crippen LogP contribution in [-0.4, -0.2) is 31.7 Å². The molecule has 1 fully saturated rings. The molecule has 2 aromatic rings. The third-order valence-electron chi connectivity index (χ3n) is 4.63. The Morgan fingerprint density at radius 2 is 1.85 bits per heavy atom. The summed E-state index contributed by atoms with van der Waals surface area (Å²) < 4.78 is 27.9.